The van der Waals surface area contributed by atoms with E-state index in [0.29, 0.717) is 12.2 Å². The fraction of sp³-hybridized carbons (Fsp3) is 0.400. The van der Waals surface area contributed by atoms with Crippen LogP contribution in [-0.4, -0.2) is 0 Å². The summed E-state index contributed by atoms with van der Waals surface area (Å²) >= 11 is 7.04. The highest BCUT2D eigenvalue weighted by atomic mass is 79.9. The van der Waals surface area contributed by atoms with E-state index in [4.69, 9.17) is 4.74 Å². The normalized spacial score (nSPS) is 29.4. The lowest BCUT2D eigenvalue weighted by Gasteiger charge is -2.12. The molecular formula is C10H8Br2O. The first kappa shape index (κ1) is 8.45. The van der Waals surface area contributed by atoms with Gasteiger partial charge in [-0.2, -0.15) is 0 Å². The van der Waals surface area contributed by atoms with Gasteiger partial charge in [-0.1, -0.05) is 0 Å². The van der Waals surface area contributed by atoms with Crippen molar-refractivity contribution in [3.63, 3.8) is 0 Å². The van der Waals surface area contributed by atoms with Gasteiger partial charge < -0.3 is 4.74 Å². The van der Waals surface area contributed by atoms with Crippen molar-refractivity contribution in [1.82, 2.24) is 0 Å². The molecule has 1 nitrogen and oxygen atoms in total. The second kappa shape index (κ2) is 2.81. The molecule has 1 aromatic carbocycles. The zero-order valence-corrected chi connectivity index (χ0v) is 10.1. The Morgan fingerprint density at radius 1 is 1.00 bits per heavy atom. The van der Waals surface area contributed by atoms with Crippen molar-refractivity contribution in [3.8, 4) is 0 Å². The molecule has 13 heavy (non-hydrogen) atoms. The van der Waals surface area contributed by atoms with Gasteiger partial charge in [-0.15, -0.1) is 0 Å². The van der Waals surface area contributed by atoms with Gasteiger partial charge in [-0.3, -0.25) is 0 Å². The van der Waals surface area contributed by atoms with Gasteiger partial charge in [0.15, 0.2) is 0 Å². The van der Waals surface area contributed by atoms with E-state index in [9.17, 15) is 0 Å². The Morgan fingerprint density at radius 3 is 1.92 bits per heavy atom. The van der Waals surface area contributed by atoms with Crippen molar-refractivity contribution in [2.75, 3.05) is 0 Å². The van der Waals surface area contributed by atoms with Crippen molar-refractivity contribution in [2.24, 2.45) is 0 Å². The predicted octanol–water partition coefficient (Wildman–Crippen LogP) is 4.12. The van der Waals surface area contributed by atoms with Crippen molar-refractivity contribution in [1.29, 1.82) is 0 Å². The van der Waals surface area contributed by atoms with Crippen LogP contribution in [0.2, 0.25) is 0 Å². The van der Waals surface area contributed by atoms with E-state index in [1.165, 1.54) is 24.0 Å². The lowest BCUT2D eigenvalue weighted by atomic mass is 9.92. The third-order valence-corrected chi connectivity index (χ3v) is 4.68. The van der Waals surface area contributed by atoms with Crippen LogP contribution >= 0.6 is 31.9 Å². The first-order valence-electron chi connectivity index (χ1n) is 4.40. The molecule has 0 spiro atoms. The topological polar surface area (TPSA) is 9.23 Å². The lowest BCUT2D eigenvalue weighted by Crippen LogP contribution is -1.97. The van der Waals surface area contributed by atoms with E-state index in [-0.39, 0.29) is 0 Å². The van der Waals surface area contributed by atoms with Gasteiger partial charge in [0.25, 0.3) is 0 Å². The Balaban J connectivity index is 2.22. The summed E-state index contributed by atoms with van der Waals surface area (Å²) in [6.07, 6.45) is 3.10. The largest absolute Gasteiger partial charge is 0.366 e. The fourth-order valence-electron chi connectivity index (χ4n) is 2.23. The molecule has 2 bridgehead atoms. The van der Waals surface area contributed by atoms with Gasteiger partial charge >= 0.3 is 0 Å². The monoisotopic (exact) mass is 302 g/mol. The highest BCUT2D eigenvalue weighted by molar-refractivity contribution is 9.13. The smallest absolute Gasteiger partial charge is 0.0838 e. The Hall–Kier alpha value is 0.140. The molecule has 0 radical (unpaired) electrons. The van der Waals surface area contributed by atoms with E-state index < -0.39 is 0 Å². The Labute approximate surface area is 93.7 Å². The summed E-state index contributed by atoms with van der Waals surface area (Å²) in [4.78, 5) is 0. The van der Waals surface area contributed by atoms with Gasteiger partial charge in [0.05, 0.1) is 12.2 Å². The van der Waals surface area contributed by atoms with Crippen LogP contribution in [0.3, 0.4) is 0 Å². The summed E-state index contributed by atoms with van der Waals surface area (Å²) in [5.74, 6) is 0. The summed E-state index contributed by atoms with van der Waals surface area (Å²) in [5, 5.41) is 0. The average Bonchev–Trinajstić information content (AvgIpc) is 2.67. The molecule has 0 amide bonds. The summed E-state index contributed by atoms with van der Waals surface area (Å²) in [5.41, 5.74) is 2.76. The van der Waals surface area contributed by atoms with E-state index in [1.54, 1.807) is 0 Å². The molecule has 2 unspecified atom stereocenters. The fourth-order valence-corrected chi connectivity index (χ4v) is 2.95. The first-order valence-corrected chi connectivity index (χ1v) is 5.98. The molecule has 2 heterocycles. The minimum absolute atomic E-state index is 0.365. The maximum absolute atomic E-state index is 5.81. The molecule has 1 fully saturated rings. The molecular weight excluding hydrogens is 296 g/mol. The van der Waals surface area contributed by atoms with Crippen LogP contribution < -0.4 is 0 Å². The maximum Gasteiger partial charge on any atom is 0.0838 e. The van der Waals surface area contributed by atoms with Gasteiger partial charge in [0, 0.05) is 8.95 Å². The van der Waals surface area contributed by atoms with Crippen LogP contribution in [0.5, 0.6) is 0 Å². The zero-order chi connectivity index (χ0) is 9.00. The number of ether oxygens (including phenoxy) is 1. The molecule has 2 atom stereocenters. The molecule has 2 aliphatic heterocycles. The SMILES string of the molecule is Brc1cc2c(cc1Br)C1CCC2O1. The maximum atomic E-state index is 5.81. The quantitative estimate of drug-likeness (QED) is 0.700. The van der Waals surface area contributed by atoms with Gasteiger partial charge in [0.1, 0.15) is 0 Å². The average molecular weight is 304 g/mol. The third-order valence-electron chi connectivity index (χ3n) is 2.84. The van der Waals surface area contributed by atoms with E-state index in [1.807, 2.05) is 0 Å². The van der Waals surface area contributed by atoms with Crippen LogP contribution in [0, 0.1) is 0 Å². The predicted molar refractivity (Wildman–Crippen MR) is 57.6 cm³/mol. The number of hydrogen-bond donors (Lipinski definition) is 0. The van der Waals surface area contributed by atoms with Crippen LogP contribution in [0.1, 0.15) is 36.2 Å². The Morgan fingerprint density at radius 2 is 1.46 bits per heavy atom. The van der Waals surface area contributed by atoms with Crippen LogP contribution in [0.25, 0.3) is 0 Å². The third kappa shape index (κ3) is 1.14. The number of rotatable bonds is 0. The molecule has 3 heteroatoms. The number of halogens is 2. The standard InChI is InChI=1S/C10H8Br2O/c11-7-3-5-6(4-8(7)12)10-2-1-9(5)13-10/h3-4,9-10H,1-2H2. The molecule has 2 aliphatic rings. The van der Waals surface area contributed by atoms with Gasteiger partial charge in [-0.05, 0) is 68.0 Å². The van der Waals surface area contributed by atoms with Crippen molar-refractivity contribution in [3.05, 3.63) is 32.2 Å². The summed E-state index contributed by atoms with van der Waals surface area (Å²) in [7, 11) is 0. The van der Waals surface area contributed by atoms with E-state index in [2.05, 4.69) is 44.0 Å². The van der Waals surface area contributed by atoms with Crippen LogP contribution in [0.4, 0.5) is 0 Å². The van der Waals surface area contributed by atoms with Gasteiger partial charge in [0.2, 0.25) is 0 Å². The van der Waals surface area contributed by atoms with Crippen molar-refractivity contribution >= 4 is 31.9 Å². The molecule has 3 rings (SSSR count). The molecule has 1 aromatic rings. The minimum Gasteiger partial charge on any atom is -0.366 e. The van der Waals surface area contributed by atoms with E-state index >= 15 is 0 Å². The summed E-state index contributed by atoms with van der Waals surface area (Å²) in [6.45, 7) is 0. The number of fused-ring (bicyclic) bond motifs is 5. The Kier molecular flexibility index (Phi) is 1.83. The number of benzene rings is 1. The first-order chi connectivity index (χ1) is 6.25. The van der Waals surface area contributed by atoms with Crippen molar-refractivity contribution < 1.29 is 4.74 Å². The minimum atomic E-state index is 0.365. The summed E-state index contributed by atoms with van der Waals surface area (Å²) < 4.78 is 8.07. The second-order valence-corrected chi connectivity index (χ2v) is 5.29. The Bertz CT molecular complexity index is 340. The highest BCUT2D eigenvalue weighted by Gasteiger charge is 2.38. The molecule has 68 valence electrons. The van der Waals surface area contributed by atoms with Crippen LogP contribution in [-0.2, 0) is 4.74 Å². The molecule has 0 N–H and O–H groups in total. The zero-order valence-electron chi connectivity index (χ0n) is 6.89. The molecule has 0 aliphatic carbocycles. The second-order valence-electron chi connectivity index (χ2n) is 3.59. The van der Waals surface area contributed by atoms with Crippen LogP contribution in [0.15, 0.2) is 21.1 Å². The molecule has 1 saturated heterocycles. The molecule has 0 aromatic heterocycles. The summed E-state index contributed by atoms with van der Waals surface area (Å²) in [6, 6.07) is 4.37. The highest BCUT2D eigenvalue weighted by Crippen LogP contribution is 2.52. The lowest BCUT2D eigenvalue weighted by molar-refractivity contribution is 0.0716. The van der Waals surface area contributed by atoms with E-state index in [0.717, 1.165) is 8.95 Å². The molecule has 0 saturated carbocycles. The van der Waals surface area contributed by atoms with Crippen molar-refractivity contribution in [2.45, 2.75) is 25.0 Å². The van der Waals surface area contributed by atoms with Gasteiger partial charge in [-0.25, -0.2) is 0 Å². The number of hydrogen-bond acceptors (Lipinski definition) is 1.